The average molecular weight is 515 g/mol. The summed E-state index contributed by atoms with van der Waals surface area (Å²) in [4.78, 5) is 22.8. The van der Waals surface area contributed by atoms with E-state index in [0.29, 0.717) is 11.4 Å². The van der Waals surface area contributed by atoms with Gasteiger partial charge in [0.15, 0.2) is 12.5 Å². The number of amides is 1. The smallest absolute Gasteiger partial charge is 0.404 e. The molecule has 1 aromatic carbocycles. The number of hydrogen-bond donors (Lipinski definition) is 1. The zero-order valence-corrected chi connectivity index (χ0v) is 19.1. The molecule has 33 heavy (non-hydrogen) atoms. The summed E-state index contributed by atoms with van der Waals surface area (Å²) in [5, 5.41) is 21.6. The Morgan fingerprint density at radius 2 is 2.00 bits per heavy atom. The highest BCUT2D eigenvalue weighted by Crippen LogP contribution is 2.23. The quantitative estimate of drug-likeness (QED) is 0.261. The Balaban J connectivity index is 1.32. The molecule has 4 rings (SSSR count). The standard InChI is InChI=1S/C21H19BrN6O5/c1-2-14-3-5-16(6-4-14)32-13-27-10-15(9-23-27)24-21(29)19-8-7-17(33-19)11-26-12-18(22)20(25-26)28(30)31/h3-10,12H,2,11,13H2,1H3,(H,24,29). The second-order valence-electron chi connectivity index (χ2n) is 7.01. The molecule has 0 saturated carbocycles. The molecule has 0 atom stereocenters. The van der Waals surface area contributed by atoms with Crippen LogP contribution in [0.1, 0.15) is 28.8 Å². The lowest BCUT2D eigenvalue weighted by atomic mass is 10.2. The first kappa shape index (κ1) is 22.3. The number of nitrogens with zero attached hydrogens (tertiary/aromatic N) is 5. The third kappa shape index (κ3) is 5.47. The summed E-state index contributed by atoms with van der Waals surface area (Å²) in [5.41, 5.74) is 1.71. The molecule has 4 aromatic rings. The molecule has 3 aromatic heterocycles. The number of benzene rings is 1. The van der Waals surface area contributed by atoms with Crippen LogP contribution in [-0.4, -0.2) is 30.4 Å². The summed E-state index contributed by atoms with van der Waals surface area (Å²) in [7, 11) is 0. The van der Waals surface area contributed by atoms with Crippen LogP contribution in [-0.2, 0) is 19.7 Å². The molecule has 3 heterocycles. The van der Waals surface area contributed by atoms with Gasteiger partial charge in [0.05, 0.1) is 29.4 Å². The number of hydrogen-bond acceptors (Lipinski definition) is 7. The number of furan rings is 1. The van der Waals surface area contributed by atoms with E-state index in [9.17, 15) is 14.9 Å². The van der Waals surface area contributed by atoms with Crippen molar-refractivity contribution in [2.75, 3.05) is 5.32 Å². The first-order valence-corrected chi connectivity index (χ1v) is 10.7. The van der Waals surface area contributed by atoms with Crippen molar-refractivity contribution >= 4 is 33.3 Å². The second-order valence-corrected chi connectivity index (χ2v) is 7.87. The van der Waals surface area contributed by atoms with E-state index < -0.39 is 10.8 Å². The Morgan fingerprint density at radius 3 is 2.70 bits per heavy atom. The lowest BCUT2D eigenvalue weighted by molar-refractivity contribution is -0.390. The van der Waals surface area contributed by atoms with Gasteiger partial charge in [-0.05, 0) is 57.1 Å². The fraction of sp³-hybridized carbons (Fsp3) is 0.190. The molecule has 1 N–H and O–H groups in total. The summed E-state index contributed by atoms with van der Waals surface area (Å²) in [6.45, 7) is 2.41. The molecule has 0 fully saturated rings. The zero-order chi connectivity index (χ0) is 23.4. The fourth-order valence-corrected chi connectivity index (χ4v) is 3.45. The summed E-state index contributed by atoms with van der Waals surface area (Å²) in [6, 6.07) is 10.9. The van der Waals surface area contributed by atoms with Crippen LogP contribution in [0.25, 0.3) is 0 Å². The predicted molar refractivity (Wildman–Crippen MR) is 121 cm³/mol. The molecule has 0 saturated heterocycles. The van der Waals surface area contributed by atoms with Crippen LogP contribution >= 0.6 is 15.9 Å². The number of rotatable bonds is 9. The molecular weight excluding hydrogens is 496 g/mol. The van der Waals surface area contributed by atoms with E-state index in [2.05, 4.69) is 38.4 Å². The van der Waals surface area contributed by atoms with E-state index in [1.165, 1.54) is 28.7 Å². The largest absolute Gasteiger partial charge is 0.471 e. The van der Waals surface area contributed by atoms with Gasteiger partial charge < -0.3 is 24.6 Å². The highest BCUT2D eigenvalue weighted by Gasteiger charge is 2.20. The van der Waals surface area contributed by atoms with Gasteiger partial charge in [-0.1, -0.05) is 19.1 Å². The van der Waals surface area contributed by atoms with E-state index >= 15 is 0 Å². The van der Waals surface area contributed by atoms with Crippen molar-refractivity contribution in [1.29, 1.82) is 0 Å². The topological polar surface area (TPSA) is 130 Å². The van der Waals surface area contributed by atoms with Gasteiger partial charge >= 0.3 is 5.82 Å². The van der Waals surface area contributed by atoms with Gasteiger partial charge in [0, 0.05) is 0 Å². The number of nitro groups is 1. The molecule has 0 unspecified atom stereocenters. The first-order valence-electron chi connectivity index (χ1n) is 9.93. The third-order valence-electron chi connectivity index (χ3n) is 4.66. The highest BCUT2D eigenvalue weighted by atomic mass is 79.9. The van der Waals surface area contributed by atoms with E-state index in [1.54, 1.807) is 16.9 Å². The van der Waals surface area contributed by atoms with Gasteiger partial charge in [0.2, 0.25) is 0 Å². The number of ether oxygens (including phenoxy) is 1. The van der Waals surface area contributed by atoms with Gasteiger partial charge in [-0.3, -0.25) is 4.79 Å². The Bertz CT molecular complexity index is 1280. The SMILES string of the molecule is CCc1ccc(OCn2cc(NC(=O)c3ccc(Cn4cc(Br)c([N+](=O)[O-])n4)o3)cn2)cc1. The predicted octanol–water partition coefficient (Wildman–Crippen LogP) is 4.24. The highest BCUT2D eigenvalue weighted by molar-refractivity contribution is 9.10. The minimum absolute atomic E-state index is 0.0886. The minimum Gasteiger partial charge on any atom is -0.471 e. The number of aryl methyl sites for hydroxylation is 1. The number of carbonyl (C=O) groups is 1. The van der Waals surface area contributed by atoms with E-state index in [4.69, 9.17) is 9.15 Å². The number of anilines is 1. The molecule has 0 radical (unpaired) electrons. The lowest BCUT2D eigenvalue weighted by Gasteiger charge is -2.06. The van der Waals surface area contributed by atoms with Crippen LogP contribution in [0, 0.1) is 10.1 Å². The van der Waals surface area contributed by atoms with E-state index in [-0.39, 0.29) is 29.3 Å². The van der Waals surface area contributed by atoms with Crippen molar-refractivity contribution in [3.63, 3.8) is 0 Å². The summed E-state index contributed by atoms with van der Waals surface area (Å²) in [6.07, 6.45) is 5.58. The molecule has 0 aliphatic heterocycles. The van der Waals surface area contributed by atoms with Crippen LogP contribution in [0.3, 0.4) is 0 Å². The second kappa shape index (κ2) is 9.69. The van der Waals surface area contributed by atoms with Crippen molar-refractivity contribution in [3.05, 3.63) is 86.7 Å². The Labute approximate surface area is 196 Å². The number of nitrogens with one attached hydrogen (secondary N) is 1. The molecule has 0 aliphatic rings. The molecule has 0 bridgehead atoms. The van der Waals surface area contributed by atoms with E-state index in [0.717, 1.165) is 12.2 Å². The monoisotopic (exact) mass is 514 g/mol. The minimum atomic E-state index is -0.588. The van der Waals surface area contributed by atoms with Crippen LogP contribution in [0.4, 0.5) is 11.5 Å². The summed E-state index contributed by atoms with van der Waals surface area (Å²) in [5.74, 6) is 0.489. The number of aromatic nitrogens is 4. The van der Waals surface area contributed by atoms with Gasteiger partial charge in [-0.25, -0.2) is 4.68 Å². The van der Waals surface area contributed by atoms with Crippen molar-refractivity contribution < 1.29 is 18.9 Å². The zero-order valence-electron chi connectivity index (χ0n) is 17.5. The fourth-order valence-electron chi connectivity index (χ4n) is 2.99. The Kier molecular flexibility index (Phi) is 6.54. The summed E-state index contributed by atoms with van der Waals surface area (Å²) < 4.78 is 14.4. The van der Waals surface area contributed by atoms with Crippen LogP contribution < -0.4 is 10.1 Å². The number of carbonyl (C=O) groups excluding carboxylic acids is 1. The Morgan fingerprint density at radius 1 is 1.21 bits per heavy atom. The molecule has 0 aliphatic carbocycles. The molecule has 0 spiro atoms. The van der Waals surface area contributed by atoms with E-state index in [1.807, 2.05) is 24.3 Å². The van der Waals surface area contributed by atoms with Gasteiger partial charge in [-0.2, -0.15) is 9.78 Å². The van der Waals surface area contributed by atoms with Crippen molar-refractivity contribution in [2.24, 2.45) is 0 Å². The van der Waals surface area contributed by atoms with Gasteiger partial charge in [0.1, 0.15) is 22.5 Å². The third-order valence-corrected chi connectivity index (χ3v) is 5.22. The van der Waals surface area contributed by atoms with Crippen molar-refractivity contribution in [2.45, 2.75) is 26.6 Å². The maximum Gasteiger partial charge on any atom is 0.404 e. The maximum atomic E-state index is 12.5. The first-order chi connectivity index (χ1) is 15.9. The molecule has 170 valence electrons. The van der Waals surface area contributed by atoms with Crippen molar-refractivity contribution in [3.8, 4) is 5.75 Å². The molecule has 1 amide bonds. The number of halogens is 1. The Hall–Kier alpha value is -3.93. The van der Waals surface area contributed by atoms with Crippen molar-refractivity contribution in [1.82, 2.24) is 19.6 Å². The summed E-state index contributed by atoms with van der Waals surface area (Å²) >= 11 is 3.09. The molecule has 12 heteroatoms. The van der Waals surface area contributed by atoms with Crippen LogP contribution in [0.2, 0.25) is 0 Å². The lowest BCUT2D eigenvalue weighted by Crippen LogP contribution is -2.10. The van der Waals surface area contributed by atoms with Gasteiger partial charge in [-0.15, -0.1) is 0 Å². The molecular formula is C21H19BrN6O5. The van der Waals surface area contributed by atoms with Crippen LogP contribution in [0.5, 0.6) is 5.75 Å². The molecule has 11 nitrogen and oxygen atoms in total. The normalized spacial score (nSPS) is 10.8. The average Bonchev–Trinajstić information content (AvgIpc) is 3.53. The van der Waals surface area contributed by atoms with Crippen LogP contribution in [0.15, 0.2) is 63.9 Å². The maximum absolute atomic E-state index is 12.5. The van der Waals surface area contributed by atoms with Gasteiger partial charge in [0.25, 0.3) is 5.91 Å².